The maximum absolute atomic E-state index is 12.2. The molecule has 2 N–H and O–H groups in total. The van der Waals surface area contributed by atoms with Gasteiger partial charge in [-0.3, -0.25) is 9.59 Å². The third kappa shape index (κ3) is 3.69. The van der Waals surface area contributed by atoms with Crippen LogP contribution < -0.4 is 5.32 Å². The molecule has 114 valence electrons. The minimum Gasteiger partial charge on any atom is -0.481 e. The van der Waals surface area contributed by atoms with Crippen molar-refractivity contribution in [1.29, 1.82) is 0 Å². The topological polar surface area (TPSA) is 104 Å². The molecule has 20 heavy (non-hydrogen) atoms. The minimum atomic E-state index is -3.39. The number of sulfonamides is 1. The molecule has 0 aromatic rings. The molecule has 1 amide bonds. The Balaban J connectivity index is 1.90. The van der Waals surface area contributed by atoms with Crippen LogP contribution in [0.15, 0.2) is 0 Å². The molecule has 2 saturated heterocycles. The zero-order chi connectivity index (χ0) is 14.8. The van der Waals surface area contributed by atoms with Crippen molar-refractivity contribution < 1.29 is 23.1 Å². The molecule has 2 aliphatic heterocycles. The first-order valence-corrected chi connectivity index (χ1v) is 8.48. The van der Waals surface area contributed by atoms with E-state index in [9.17, 15) is 18.0 Å². The lowest BCUT2D eigenvalue weighted by Gasteiger charge is -2.40. The van der Waals surface area contributed by atoms with Crippen molar-refractivity contribution in [2.75, 3.05) is 18.8 Å². The molecular formula is C12H20N2O5S. The smallest absolute Gasteiger partial charge is 0.303 e. The number of carbonyl (C=O) groups is 2. The molecule has 0 aromatic heterocycles. The van der Waals surface area contributed by atoms with Crippen LogP contribution in [0.4, 0.5) is 0 Å². The van der Waals surface area contributed by atoms with Crippen LogP contribution in [-0.2, 0) is 19.6 Å². The molecule has 7 nitrogen and oxygen atoms in total. The van der Waals surface area contributed by atoms with Gasteiger partial charge < -0.3 is 10.4 Å². The second-order valence-corrected chi connectivity index (χ2v) is 7.52. The standard InChI is InChI=1S/C12H20N2O5S/c15-11-4-3-9-8-14(6-5-10(9)13-11)20(18,19)7-1-2-12(16)17/h9-10H,1-8H2,(H,13,15)(H,16,17). The molecule has 2 fully saturated rings. The van der Waals surface area contributed by atoms with E-state index in [4.69, 9.17) is 5.11 Å². The third-order valence-corrected chi connectivity index (χ3v) is 5.89. The predicted molar refractivity (Wildman–Crippen MR) is 71.5 cm³/mol. The minimum absolute atomic E-state index is 0.0454. The highest BCUT2D eigenvalue weighted by Crippen LogP contribution is 2.27. The number of carboxylic acid groups (broad SMARTS) is 1. The zero-order valence-corrected chi connectivity index (χ0v) is 12.1. The monoisotopic (exact) mass is 304 g/mol. The van der Waals surface area contributed by atoms with Gasteiger partial charge in [-0.05, 0) is 25.2 Å². The van der Waals surface area contributed by atoms with Gasteiger partial charge in [-0.1, -0.05) is 0 Å². The van der Waals surface area contributed by atoms with Gasteiger partial charge in [0.15, 0.2) is 0 Å². The molecule has 2 rings (SSSR count). The number of carbonyl (C=O) groups excluding carboxylic acids is 1. The van der Waals surface area contributed by atoms with Crippen molar-refractivity contribution in [3.8, 4) is 0 Å². The van der Waals surface area contributed by atoms with Gasteiger partial charge in [0.2, 0.25) is 15.9 Å². The Hall–Kier alpha value is -1.15. The quantitative estimate of drug-likeness (QED) is 0.731. The Bertz CT molecular complexity index is 490. The molecular weight excluding hydrogens is 284 g/mol. The fourth-order valence-electron chi connectivity index (χ4n) is 2.86. The van der Waals surface area contributed by atoms with E-state index in [1.165, 1.54) is 4.31 Å². The molecule has 2 unspecified atom stereocenters. The van der Waals surface area contributed by atoms with Crippen molar-refractivity contribution in [2.45, 2.75) is 38.1 Å². The number of carboxylic acids is 1. The van der Waals surface area contributed by atoms with Gasteiger partial charge in [-0.2, -0.15) is 0 Å². The summed E-state index contributed by atoms with van der Waals surface area (Å²) in [6.45, 7) is 0.831. The van der Waals surface area contributed by atoms with Gasteiger partial charge in [0.25, 0.3) is 0 Å². The lowest BCUT2D eigenvalue weighted by atomic mass is 9.86. The lowest BCUT2D eigenvalue weighted by molar-refractivity contribution is -0.137. The van der Waals surface area contributed by atoms with Crippen LogP contribution in [0.2, 0.25) is 0 Å². The number of hydrogen-bond donors (Lipinski definition) is 2. The van der Waals surface area contributed by atoms with Gasteiger partial charge in [-0.15, -0.1) is 0 Å². The van der Waals surface area contributed by atoms with Gasteiger partial charge in [0.1, 0.15) is 0 Å². The van der Waals surface area contributed by atoms with Crippen LogP contribution in [-0.4, -0.2) is 54.6 Å². The van der Waals surface area contributed by atoms with Crippen LogP contribution in [0.1, 0.15) is 32.1 Å². The van der Waals surface area contributed by atoms with Crippen molar-refractivity contribution in [2.24, 2.45) is 5.92 Å². The van der Waals surface area contributed by atoms with Crippen LogP contribution >= 0.6 is 0 Å². The van der Waals surface area contributed by atoms with E-state index in [0.717, 1.165) is 6.42 Å². The summed E-state index contributed by atoms with van der Waals surface area (Å²) in [5.41, 5.74) is 0. The highest BCUT2D eigenvalue weighted by molar-refractivity contribution is 7.89. The highest BCUT2D eigenvalue weighted by atomic mass is 32.2. The third-order valence-electron chi connectivity index (χ3n) is 3.97. The molecule has 2 aliphatic rings. The molecule has 0 radical (unpaired) electrons. The average molecular weight is 304 g/mol. The average Bonchev–Trinajstić information content (AvgIpc) is 2.37. The highest BCUT2D eigenvalue weighted by Gasteiger charge is 2.37. The van der Waals surface area contributed by atoms with Gasteiger partial charge >= 0.3 is 5.97 Å². The van der Waals surface area contributed by atoms with E-state index in [1.807, 2.05) is 0 Å². The summed E-state index contributed by atoms with van der Waals surface area (Å²) >= 11 is 0. The number of hydrogen-bond acceptors (Lipinski definition) is 4. The zero-order valence-electron chi connectivity index (χ0n) is 11.2. The summed E-state index contributed by atoms with van der Waals surface area (Å²) in [7, 11) is -3.39. The maximum atomic E-state index is 12.2. The Kier molecular flexibility index (Phi) is 4.64. The molecule has 0 bridgehead atoms. The number of nitrogens with one attached hydrogen (secondary N) is 1. The predicted octanol–water partition coefficient (Wildman–Crippen LogP) is -0.218. The second kappa shape index (κ2) is 6.09. The van der Waals surface area contributed by atoms with E-state index in [0.29, 0.717) is 25.9 Å². The fourth-order valence-corrected chi connectivity index (χ4v) is 4.43. The summed E-state index contributed by atoms with van der Waals surface area (Å²) in [4.78, 5) is 21.7. The van der Waals surface area contributed by atoms with Crippen LogP contribution in [0.5, 0.6) is 0 Å². The Morgan fingerprint density at radius 1 is 1.40 bits per heavy atom. The number of piperidine rings is 2. The van der Waals surface area contributed by atoms with Gasteiger partial charge in [-0.25, -0.2) is 12.7 Å². The first-order chi connectivity index (χ1) is 9.38. The largest absolute Gasteiger partial charge is 0.481 e. The fraction of sp³-hybridized carbons (Fsp3) is 0.833. The summed E-state index contributed by atoms with van der Waals surface area (Å²) in [6.07, 6.45) is 1.81. The second-order valence-electron chi connectivity index (χ2n) is 5.43. The first kappa shape index (κ1) is 15.2. The summed E-state index contributed by atoms with van der Waals surface area (Å²) in [5.74, 6) is -0.878. The molecule has 0 aromatic carbocycles. The molecule has 0 saturated carbocycles. The number of fused-ring (bicyclic) bond motifs is 1. The maximum Gasteiger partial charge on any atom is 0.303 e. The number of amides is 1. The summed E-state index contributed by atoms with van der Waals surface area (Å²) in [6, 6.07) is 0.0849. The van der Waals surface area contributed by atoms with E-state index in [1.54, 1.807) is 0 Å². The van der Waals surface area contributed by atoms with Crippen molar-refractivity contribution in [3.63, 3.8) is 0 Å². The normalized spacial score (nSPS) is 27.7. The van der Waals surface area contributed by atoms with Crippen LogP contribution in [0.25, 0.3) is 0 Å². The molecule has 2 heterocycles. The van der Waals surface area contributed by atoms with E-state index >= 15 is 0 Å². The summed E-state index contributed by atoms with van der Waals surface area (Å²) in [5, 5.41) is 11.5. The lowest BCUT2D eigenvalue weighted by Crippen LogP contribution is -2.55. The molecule has 0 aliphatic carbocycles. The van der Waals surface area contributed by atoms with Crippen LogP contribution in [0, 0.1) is 5.92 Å². The Labute approximate surface area is 118 Å². The summed E-state index contributed by atoms with van der Waals surface area (Å²) < 4.78 is 25.8. The number of aliphatic carboxylic acids is 1. The van der Waals surface area contributed by atoms with E-state index in [2.05, 4.69) is 5.32 Å². The van der Waals surface area contributed by atoms with Crippen LogP contribution in [0.3, 0.4) is 0 Å². The molecule has 2 atom stereocenters. The molecule has 8 heteroatoms. The number of nitrogens with zero attached hydrogens (tertiary/aromatic N) is 1. The van der Waals surface area contributed by atoms with Crippen molar-refractivity contribution in [3.05, 3.63) is 0 Å². The SMILES string of the molecule is O=C(O)CCCS(=O)(=O)N1CCC2NC(=O)CCC2C1. The van der Waals surface area contributed by atoms with Crippen molar-refractivity contribution >= 4 is 21.9 Å². The van der Waals surface area contributed by atoms with Crippen molar-refractivity contribution in [1.82, 2.24) is 9.62 Å². The van der Waals surface area contributed by atoms with E-state index in [-0.39, 0.29) is 36.5 Å². The van der Waals surface area contributed by atoms with Gasteiger partial charge in [0, 0.05) is 32.0 Å². The first-order valence-electron chi connectivity index (χ1n) is 6.87. The van der Waals surface area contributed by atoms with E-state index < -0.39 is 16.0 Å². The molecule has 0 spiro atoms. The van der Waals surface area contributed by atoms with Gasteiger partial charge in [0.05, 0.1) is 5.75 Å². The number of rotatable bonds is 5. The Morgan fingerprint density at radius 2 is 2.15 bits per heavy atom. The Morgan fingerprint density at radius 3 is 2.85 bits per heavy atom.